The summed E-state index contributed by atoms with van der Waals surface area (Å²) in [6.45, 7) is 3.76. The van der Waals surface area contributed by atoms with Gasteiger partial charge in [-0.1, -0.05) is 47.7 Å². The molecule has 1 N–H and O–H groups in total. The number of nitrogens with zero attached hydrogens (tertiary/aromatic N) is 3. The van der Waals surface area contributed by atoms with Crippen molar-refractivity contribution in [3.8, 4) is 22.7 Å². The molecule has 0 radical (unpaired) electrons. The van der Waals surface area contributed by atoms with Crippen molar-refractivity contribution in [1.82, 2.24) is 14.8 Å². The Bertz CT molecular complexity index is 973. The molecule has 1 aromatic heterocycles. The number of thiocarbonyl (C=S) groups is 1. The molecule has 0 amide bonds. The average Bonchev–Trinajstić information content (AvgIpc) is 3.16. The summed E-state index contributed by atoms with van der Waals surface area (Å²) in [5.74, 6) is 1.33. The zero-order valence-electron chi connectivity index (χ0n) is 16.4. The minimum absolute atomic E-state index is 0.0727. The Labute approximate surface area is 185 Å². The van der Waals surface area contributed by atoms with Gasteiger partial charge in [-0.2, -0.15) is 5.10 Å². The first kappa shape index (κ1) is 21.6. The summed E-state index contributed by atoms with van der Waals surface area (Å²) in [7, 11) is 1.64. The van der Waals surface area contributed by atoms with E-state index in [0.29, 0.717) is 15.1 Å². The van der Waals surface area contributed by atoms with Gasteiger partial charge in [-0.25, -0.2) is 9.75 Å². The van der Waals surface area contributed by atoms with Crippen molar-refractivity contribution in [2.75, 3.05) is 7.11 Å². The minimum Gasteiger partial charge on any atom is -0.497 e. The summed E-state index contributed by atoms with van der Waals surface area (Å²) >= 11 is 12.7. The highest BCUT2D eigenvalue weighted by Gasteiger charge is 2.15. The lowest BCUT2D eigenvalue weighted by Gasteiger charge is -2.20. The first-order chi connectivity index (χ1) is 13.9. The van der Waals surface area contributed by atoms with Gasteiger partial charge in [-0.3, -0.25) is 5.21 Å². The van der Waals surface area contributed by atoms with Crippen molar-refractivity contribution in [2.24, 2.45) is 0 Å². The molecule has 8 heteroatoms. The second kappa shape index (κ2) is 9.63. The lowest BCUT2D eigenvalue weighted by molar-refractivity contribution is -0.0354. The Balaban J connectivity index is 1.92. The Morgan fingerprint density at radius 2 is 1.86 bits per heavy atom. The molecule has 0 spiro atoms. The molecule has 0 saturated heterocycles. The third-order valence-electron chi connectivity index (χ3n) is 4.24. The van der Waals surface area contributed by atoms with E-state index < -0.39 is 0 Å². The molecule has 5 nitrogen and oxygen atoms in total. The zero-order valence-corrected chi connectivity index (χ0v) is 18.8. The van der Waals surface area contributed by atoms with Crippen molar-refractivity contribution in [3.63, 3.8) is 0 Å². The number of ether oxygens (including phenoxy) is 1. The van der Waals surface area contributed by atoms with E-state index in [2.05, 4.69) is 0 Å². The van der Waals surface area contributed by atoms with Crippen LogP contribution in [0.5, 0.6) is 5.75 Å². The fourth-order valence-corrected chi connectivity index (χ4v) is 3.93. The van der Waals surface area contributed by atoms with Crippen molar-refractivity contribution in [1.29, 1.82) is 0 Å². The Morgan fingerprint density at radius 3 is 2.45 bits per heavy atom. The number of methoxy groups -OCH3 is 1. The standard InChI is InChI=1S/C21H22ClN3O2S2/c1-14(2)25(26)21(28)29-13-17-12-20(15-4-6-16(22)7-5-15)24(23-17)18-8-10-19(27-3)11-9-18/h4-12,14,26H,13H2,1-3H3. The molecule has 0 aliphatic carbocycles. The fourth-order valence-electron chi connectivity index (χ4n) is 2.66. The van der Waals surface area contributed by atoms with E-state index in [4.69, 9.17) is 33.7 Å². The molecular formula is C21H22ClN3O2S2. The molecule has 3 rings (SSSR count). The second-order valence-electron chi connectivity index (χ2n) is 6.63. The molecular weight excluding hydrogens is 426 g/mol. The number of hydrogen-bond acceptors (Lipinski definition) is 5. The number of thioether (sulfide) groups is 1. The number of hydroxylamine groups is 2. The van der Waals surface area contributed by atoms with Crippen LogP contribution in [0, 0.1) is 0 Å². The molecule has 0 saturated carbocycles. The summed E-state index contributed by atoms with van der Waals surface area (Å²) in [5, 5.41) is 16.5. The van der Waals surface area contributed by atoms with E-state index in [1.54, 1.807) is 7.11 Å². The van der Waals surface area contributed by atoms with E-state index in [1.807, 2.05) is 73.1 Å². The maximum Gasteiger partial charge on any atom is 0.160 e. The highest BCUT2D eigenvalue weighted by atomic mass is 35.5. The molecule has 0 aliphatic heterocycles. The number of aromatic nitrogens is 2. The average molecular weight is 448 g/mol. The van der Waals surface area contributed by atoms with Gasteiger partial charge < -0.3 is 4.74 Å². The van der Waals surface area contributed by atoms with Crippen molar-refractivity contribution < 1.29 is 9.94 Å². The lowest BCUT2D eigenvalue weighted by atomic mass is 10.1. The van der Waals surface area contributed by atoms with Gasteiger partial charge in [0.15, 0.2) is 4.32 Å². The Morgan fingerprint density at radius 1 is 1.21 bits per heavy atom. The second-order valence-corrected chi connectivity index (χ2v) is 8.68. The largest absolute Gasteiger partial charge is 0.497 e. The first-order valence-electron chi connectivity index (χ1n) is 9.03. The number of benzene rings is 2. The molecule has 0 aliphatic rings. The van der Waals surface area contributed by atoms with Gasteiger partial charge in [0.25, 0.3) is 0 Å². The molecule has 1 heterocycles. The van der Waals surface area contributed by atoms with Gasteiger partial charge in [-0.15, -0.1) is 0 Å². The predicted molar refractivity (Wildman–Crippen MR) is 123 cm³/mol. The normalized spacial score (nSPS) is 11.0. The highest BCUT2D eigenvalue weighted by Crippen LogP contribution is 2.28. The minimum atomic E-state index is -0.0727. The van der Waals surface area contributed by atoms with Crippen LogP contribution < -0.4 is 4.74 Å². The van der Waals surface area contributed by atoms with E-state index in [-0.39, 0.29) is 6.04 Å². The number of rotatable bonds is 6. The molecule has 152 valence electrons. The van der Waals surface area contributed by atoms with Crippen LogP contribution in [0.4, 0.5) is 0 Å². The van der Waals surface area contributed by atoms with Crippen molar-refractivity contribution in [3.05, 3.63) is 65.3 Å². The van der Waals surface area contributed by atoms with Gasteiger partial charge in [0.1, 0.15) is 5.75 Å². The SMILES string of the molecule is COc1ccc(-n2nc(CSC(=S)N(O)C(C)C)cc2-c2ccc(Cl)cc2)cc1. The maximum atomic E-state index is 9.99. The van der Waals surface area contributed by atoms with Crippen molar-refractivity contribution >= 4 is 39.9 Å². The molecule has 0 atom stereocenters. The van der Waals surface area contributed by atoms with Gasteiger partial charge in [-0.05, 0) is 56.3 Å². The van der Waals surface area contributed by atoms with Crippen LogP contribution in [-0.2, 0) is 5.75 Å². The monoisotopic (exact) mass is 447 g/mol. The summed E-state index contributed by atoms with van der Waals surface area (Å²) in [6.07, 6.45) is 0. The Hall–Kier alpha value is -2.06. The van der Waals surface area contributed by atoms with Gasteiger partial charge >= 0.3 is 0 Å². The summed E-state index contributed by atoms with van der Waals surface area (Å²) < 4.78 is 7.57. The van der Waals surface area contributed by atoms with Crippen LogP contribution in [0.25, 0.3) is 16.9 Å². The molecule has 29 heavy (non-hydrogen) atoms. The van der Waals surface area contributed by atoms with Crippen LogP contribution in [0.1, 0.15) is 19.5 Å². The summed E-state index contributed by atoms with van der Waals surface area (Å²) in [4.78, 5) is 0. The maximum absolute atomic E-state index is 9.99. The third-order valence-corrected chi connectivity index (χ3v) is 5.90. The van der Waals surface area contributed by atoms with E-state index in [0.717, 1.165) is 33.5 Å². The molecule has 0 unspecified atom stereocenters. The first-order valence-corrected chi connectivity index (χ1v) is 10.8. The molecule has 3 aromatic rings. The fraction of sp³-hybridized carbons (Fsp3) is 0.238. The number of hydrogen-bond donors (Lipinski definition) is 1. The predicted octanol–water partition coefficient (Wildman–Crippen LogP) is 5.82. The van der Waals surface area contributed by atoms with Gasteiger partial charge in [0.05, 0.1) is 30.2 Å². The van der Waals surface area contributed by atoms with Crippen LogP contribution in [0.3, 0.4) is 0 Å². The van der Waals surface area contributed by atoms with Gasteiger partial charge in [0.2, 0.25) is 0 Å². The summed E-state index contributed by atoms with van der Waals surface area (Å²) in [6, 6.07) is 17.3. The molecule has 0 bridgehead atoms. The Kier molecular flexibility index (Phi) is 7.18. The zero-order chi connectivity index (χ0) is 21.0. The lowest BCUT2D eigenvalue weighted by Crippen LogP contribution is -2.30. The van der Waals surface area contributed by atoms with Crippen LogP contribution in [0.15, 0.2) is 54.6 Å². The van der Waals surface area contributed by atoms with Crippen LogP contribution in [0.2, 0.25) is 5.02 Å². The van der Waals surface area contributed by atoms with Crippen LogP contribution in [-0.4, -0.2) is 37.5 Å². The molecule has 0 fully saturated rings. The van der Waals surface area contributed by atoms with E-state index in [9.17, 15) is 5.21 Å². The van der Waals surface area contributed by atoms with Gasteiger partial charge in [0, 0.05) is 16.3 Å². The van der Waals surface area contributed by atoms with Crippen molar-refractivity contribution in [2.45, 2.75) is 25.6 Å². The summed E-state index contributed by atoms with van der Waals surface area (Å²) in [5.41, 5.74) is 3.72. The third kappa shape index (κ3) is 5.30. The van der Waals surface area contributed by atoms with E-state index in [1.165, 1.54) is 11.8 Å². The quantitative estimate of drug-likeness (QED) is 0.379. The molecule has 2 aromatic carbocycles. The highest BCUT2D eigenvalue weighted by molar-refractivity contribution is 8.22. The number of halogens is 1. The smallest absolute Gasteiger partial charge is 0.160 e. The van der Waals surface area contributed by atoms with Crippen LogP contribution >= 0.6 is 35.6 Å². The van der Waals surface area contributed by atoms with E-state index >= 15 is 0 Å². The topological polar surface area (TPSA) is 50.5 Å².